The summed E-state index contributed by atoms with van der Waals surface area (Å²) < 4.78 is 5.23. The van der Waals surface area contributed by atoms with E-state index in [-0.39, 0.29) is 17.1 Å². The van der Waals surface area contributed by atoms with Crippen molar-refractivity contribution in [2.24, 2.45) is 0 Å². The second kappa shape index (κ2) is 8.57. The van der Waals surface area contributed by atoms with Crippen LogP contribution in [0.5, 0.6) is 0 Å². The molecule has 2 atom stereocenters. The predicted octanol–water partition coefficient (Wildman–Crippen LogP) is 2.18. The number of ether oxygens (including phenoxy) is 1. The Hall–Kier alpha value is -1.24. The number of halogens is 1. The number of morpholine rings is 1. The van der Waals surface area contributed by atoms with Crippen molar-refractivity contribution in [1.82, 2.24) is 10.2 Å². The summed E-state index contributed by atoms with van der Waals surface area (Å²) in [5.41, 5.74) is 0. The lowest BCUT2D eigenvalue weighted by molar-refractivity contribution is -0.139. The third kappa shape index (κ3) is 5.41. The predicted molar refractivity (Wildman–Crippen MR) is 91.8 cm³/mol. The molecule has 1 aromatic carbocycles. The van der Waals surface area contributed by atoms with Crippen molar-refractivity contribution in [3.8, 4) is 0 Å². The number of hydrogen-bond donors (Lipinski definition) is 1. The first-order chi connectivity index (χ1) is 11.0. The van der Waals surface area contributed by atoms with Gasteiger partial charge in [0.2, 0.25) is 11.8 Å². The number of thioether (sulfide) groups is 1. The SMILES string of the molecule is CC(NC(=O)C(C)Sc1ccc(Cl)cc1)C(=O)N1CCOCC1. The molecule has 2 amide bonds. The van der Waals surface area contributed by atoms with E-state index in [1.54, 1.807) is 24.0 Å². The molecule has 1 aromatic rings. The Bertz CT molecular complexity index is 547. The Morgan fingerprint density at radius 2 is 1.83 bits per heavy atom. The second-order valence-electron chi connectivity index (χ2n) is 5.38. The highest BCUT2D eigenvalue weighted by Gasteiger charge is 2.25. The van der Waals surface area contributed by atoms with E-state index in [0.29, 0.717) is 31.3 Å². The molecule has 7 heteroatoms. The number of benzene rings is 1. The summed E-state index contributed by atoms with van der Waals surface area (Å²) in [6.07, 6.45) is 0. The molecular formula is C16H21ClN2O3S. The van der Waals surface area contributed by atoms with Gasteiger partial charge in [-0.3, -0.25) is 9.59 Å². The molecule has 0 saturated carbocycles. The quantitative estimate of drug-likeness (QED) is 0.821. The first-order valence-electron chi connectivity index (χ1n) is 7.56. The Kier molecular flexibility index (Phi) is 6.74. The average molecular weight is 357 g/mol. The molecule has 1 aliphatic heterocycles. The van der Waals surface area contributed by atoms with Crippen LogP contribution >= 0.6 is 23.4 Å². The standard InChI is InChI=1S/C16H21ClN2O3S/c1-11(16(21)19-7-9-22-10-8-19)18-15(20)12(2)23-14-5-3-13(17)4-6-14/h3-6,11-12H,7-10H2,1-2H3,(H,18,20). The summed E-state index contributed by atoms with van der Waals surface area (Å²) in [4.78, 5) is 27.2. The third-order valence-electron chi connectivity index (χ3n) is 3.55. The third-order valence-corrected chi connectivity index (χ3v) is 4.91. The van der Waals surface area contributed by atoms with Crippen molar-refractivity contribution in [2.75, 3.05) is 26.3 Å². The number of amides is 2. The van der Waals surface area contributed by atoms with Crippen LogP contribution in [0.3, 0.4) is 0 Å². The number of carbonyl (C=O) groups is 2. The van der Waals surface area contributed by atoms with Gasteiger partial charge in [0.25, 0.3) is 0 Å². The fraction of sp³-hybridized carbons (Fsp3) is 0.500. The maximum absolute atomic E-state index is 12.3. The van der Waals surface area contributed by atoms with Gasteiger partial charge in [0.15, 0.2) is 0 Å². The zero-order valence-electron chi connectivity index (χ0n) is 13.3. The van der Waals surface area contributed by atoms with E-state index in [4.69, 9.17) is 16.3 Å². The summed E-state index contributed by atoms with van der Waals surface area (Å²) in [7, 11) is 0. The molecule has 0 spiro atoms. The lowest BCUT2D eigenvalue weighted by Crippen LogP contribution is -2.51. The molecule has 1 saturated heterocycles. The topological polar surface area (TPSA) is 58.6 Å². The molecule has 1 fully saturated rings. The van der Waals surface area contributed by atoms with E-state index in [1.807, 2.05) is 19.1 Å². The minimum Gasteiger partial charge on any atom is -0.378 e. The van der Waals surface area contributed by atoms with Crippen molar-refractivity contribution >= 4 is 35.2 Å². The molecule has 2 unspecified atom stereocenters. The minimum absolute atomic E-state index is 0.0645. The Labute approximate surface area is 145 Å². The molecule has 0 bridgehead atoms. The Morgan fingerprint density at radius 1 is 1.22 bits per heavy atom. The van der Waals surface area contributed by atoms with Gasteiger partial charge >= 0.3 is 0 Å². The molecule has 1 N–H and O–H groups in total. The largest absolute Gasteiger partial charge is 0.378 e. The summed E-state index contributed by atoms with van der Waals surface area (Å²) in [5, 5.41) is 3.16. The highest BCUT2D eigenvalue weighted by atomic mass is 35.5. The normalized spacial score (nSPS) is 17.4. The van der Waals surface area contributed by atoms with Gasteiger partial charge in [0, 0.05) is 23.0 Å². The number of hydrogen-bond acceptors (Lipinski definition) is 4. The van der Waals surface area contributed by atoms with E-state index in [0.717, 1.165) is 4.90 Å². The van der Waals surface area contributed by atoms with Gasteiger partial charge in [0.1, 0.15) is 6.04 Å². The Balaban J connectivity index is 1.84. The zero-order chi connectivity index (χ0) is 16.8. The highest BCUT2D eigenvalue weighted by molar-refractivity contribution is 8.00. The molecule has 0 aromatic heterocycles. The fourth-order valence-electron chi connectivity index (χ4n) is 2.22. The van der Waals surface area contributed by atoms with Gasteiger partial charge in [-0.25, -0.2) is 0 Å². The van der Waals surface area contributed by atoms with Crippen LogP contribution in [0.25, 0.3) is 0 Å². The molecule has 1 heterocycles. The summed E-state index contributed by atoms with van der Waals surface area (Å²) in [6.45, 7) is 5.79. The number of nitrogens with zero attached hydrogens (tertiary/aromatic N) is 1. The van der Waals surface area contributed by atoms with Crippen molar-refractivity contribution in [2.45, 2.75) is 30.0 Å². The maximum atomic E-state index is 12.3. The molecule has 1 aliphatic rings. The molecule has 0 aliphatic carbocycles. The van der Waals surface area contributed by atoms with Crippen LogP contribution < -0.4 is 5.32 Å². The van der Waals surface area contributed by atoms with E-state index in [9.17, 15) is 9.59 Å². The van der Waals surface area contributed by atoms with E-state index < -0.39 is 6.04 Å². The van der Waals surface area contributed by atoms with E-state index >= 15 is 0 Å². The van der Waals surface area contributed by atoms with Crippen molar-refractivity contribution in [3.63, 3.8) is 0 Å². The van der Waals surface area contributed by atoms with Crippen LogP contribution in [0, 0.1) is 0 Å². The maximum Gasteiger partial charge on any atom is 0.245 e. The van der Waals surface area contributed by atoms with Gasteiger partial charge in [0.05, 0.1) is 18.5 Å². The van der Waals surface area contributed by atoms with Crippen LogP contribution in [-0.2, 0) is 14.3 Å². The number of rotatable bonds is 5. The van der Waals surface area contributed by atoms with Gasteiger partial charge < -0.3 is 15.0 Å². The lowest BCUT2D eigenvalue weighted by atomic mass is 10.2. The lowest BCUT2D eigenvalue weighted by Gasteiger charge is -2.29. The molecular weight excluding hydrogens is 336 g/mol. The van der Waals surface area contributed by atoms with Crippen molar-refractivity contribution in [3.05, 3.63) is 29.3 Å². The van der Waals surface area contributed by atoms with E-state index in [2.05, 4.69) is 5.32 Å². The molecule has 126 valence electrons. The summed E-state index contributed by atoms with van der Waals surface area (Å²) in [5.74, 6) is -0.218. The zero-order valence-corrected chi connectivity index (χ0v) is 14.8. The van der Waals surface area contributed by atoms with Gasteiger partial charge in [-0.2, -0.15) is 0 Å². The van der Waals surface area contributed by atoms with Crippen LogP contribution in [0.2, 0.25) is 5.02 Å². The van der Waals surface area contributed by atoms with E-state index in [1.165, 1.54) is 11.8 Å². The molecule has 5 nitrogen and oxygen atoms in total. The Morgan fingerprint density at radius 3 is 2.43 bits per heavy atom. The second-order valence-corrected chi connectivity index (χ2v) is 7.23. The van der Waals surface area contributed by atoms with Crippen LogP contribution in [0.4, 0.5) is 0 Å². The van der Waals surface area contributed by atoms with Crippen LogP contribution in [-0.4, -0.2) is 54.3 Å². The number of nitrogens with one attached hydrogen (secondary N) is 1. The van der Waals surface area contributed by atoms with Gasteiger partial charge in [-0.15, -0.1) is 11.8 Å². The smallest absolute Gasteiger partial charge is 0.245 e. The monoisotopic (exact) mass is 356 g/mol. The summed E-state index contributed by atoms with van der Waals surface area (Å²) in [6, 6.07) is 6.80. The molecule has 2 rings (SSSR count). The summed E-state index contributed by atoms with van der Waals surface area (Å²) >= 11 is 7.28. The molecule has 23 heavy (non-hydrogen) atoms. The van der Waals surface area contributed by atoms with Crippen LogP contribution in [0.15, 0.2) is 29.2 Å². The first kappa shape index (κ1) is 18.1. The average Bonchev–Trinajstić information content (AvgIpc) is 2.56. The first-order valence-corrected chi connectivity index (χ1v) is 8.82. The fourth-order valence-corrected chi connectivity index (χ4v) is 3.22. The van der Waals surface area contributed by atoms with Crippen molar-refractivity contribution in [1.29, 1.82) is 0 Å². The van der Waals surface area contributed by atoms with Crippen molar-refractivity contribution < 1.29 is 14.3 Å². The highest BCUT2D eigenvalue weighted by Crippen LogP contribution is 2.24. The van der Waals surface area contributed by atoms with Gasteiger partial charge in [-0.05, 0) is 38.1 Å². The van der Waals surface area contributed by atoms with Crippen LogP contribution in [0.1, 0.15) is 13.8 Å². The minimum atomic E-state index is -0.533. The molecule has 0 radical (unpaired) electrons. The number of carbonyl (C=O) groups excluding carboxylic acids is 2. The van der Waals surface area contributed by atoms with Gasteiger partial charge in [-0.1, -0.05) is 11.6 Å².